The summed E-state index contributed by atoms with van der Waals surface area (Å²) in [5, 5.41) is 5.74. The lowest BCUT2D eigenvalue weighted by atomic mass is 10.1. The first-order valence-electron chi connectivity index (χ1n) is 11.3. The van der Waals surface area contributed by atoms with Crippen LogP contribution in [0, 0.1) is 0 Å². The van der Waals surface area contributed by atoms with Gasteiger partial charge in [-0.25, -0.2) is 4.98 Å². The maximum absolute atomic E-state index is 13.4. The van der Waals surface area contributed by atoms with Crippen molar-refractivity contribution in [2.24, 2.45) is 0 Å². The molecule has 9 heteroatoms. The number of nitrogens with zero attached hydrogens (tertiary/aromatic N) is 1. The minimum Gasteiger partial charge on any atom is -0.497 e. The predicted molar refractivity (Wildman–Crippen MR) is 146 cm³/mol. The second kappa shape index (κ2) is 10.5. The Morgan fingerprint density at radius 1 is 1.05 bits per heavy atom. The van der Waals surface area contributed by atoms with E-state index in [1.165, 1.54) is 11.3 Å². The second-order valence-corrected chi connectivity index (χ2v) is 9.35. The Kier molecular flexibility index (Phi) is 6.94. The molecular weight excluding hydrogens is 512 g/mol. The first kappa shape index (κ1) is 24.5. The van der Waals surface area contributed by atoms with Gasteiger partial charge in [-0.15, -0.1) is 11.3 Å². The van der Waals surface area contributed by atoms with Gasteiger partial charge in [0.25, 0.3) is 5.91 Å². The van der Waals surface area contributed by atoms with Crippen molar-refractivity contribution in [3.63, 3.8) is 0 Å². The fourth-order valence-electron chi connectivity index (χ4n) is 3.72. The molecule has 0 saturated heterocycles. The minimum atomic E-state index is -1.03. The molecule has 0 aliphatic carbocycles. The molecule has 0 radical (unpaired) electrons. The topological polar surface area (TPSA) is 90.7 Å². The van der Waals surface area contributed by atoms with Gasteiger partial charge in [-0.2, -0.15) is 0 Å². The first-order valence-corrected chi connectivity index (χ1v) is 12.6. The largest absolute Gasteiger partial charge is 0.497 e. The zero-order chi connectivity index (χ0) is 25.9. The van der Waals surface area contributed by atoms with Gasteiger partial charge in [0.15, 0.2) is 17.0 Å². The van der Waals surface area contributed by atoms with Crippen molar-refractivity contribution in [1.82, 2.24) is 4.98 Å². The minimum absolute atomic E-state index is 0.0903. The molecular formula is C28H21ClN2O5S. The van der Waals surface area contributed by atoms with Crippen LogP contribution in [0.1, 0.15) is 6.92 Å². The van der Waals surface area contributed by atoms with Gasteiger partial charge >= 0.3 is 0 Å². The molecule has 5 rings (SSSR count). The van der Waals surface area contributed by atoms with Crippen molar-refractivity contribution < 1.29 is 18.7 Å². The molecule has 7 nitrogen and oxygen atoms in total. The van der Waals surface area contributed by atoms with E-state index in [2.05, 4.69) is 10.3 Å². The molecule has 0 saturated carbocycles. The summed E-state index contributed by atoms with van der Waals surface area (Å²) in [5.74, 6) is 0.346. The number of para-hydroxylation sites is 1. The van der Waals surface area contributed by atoms with Gasteiger partial charge in [-0.3, -0.25) is 14.9 Å². The van der Waals surface area contributed by atoms with Crippen LogP contribution in [0.25, 0.3) is 33.6 Å². The molecule has 2 aromatic heterocycles. The van der Waals surface area contributed by atoms with Gasteiger partial charge in [0, 0.05) is 16.5 Å². The Hall–Kier alpha value is -4.14. The number of carbonyl (C=O) groups is 1. The molecule has 0 aliphatic rings. The van der Waals surface area contributed by atoms with Gasteiger partial charge in [0.05, 0.1) is 23.2 Å². The first-order chi connectivity index (χ1) is 17.9. The Morgan fingerprint density at radius 2 is 1.78 bits per heavy atom. The van der Waals surface area contributed by atoms with Crippen molar-refractivity contribution in [3.8, 4) is 34.1 Å². The van der Waals surface area contributed by atoms with Crippen molar-refractivity contribution in [3.05, 3.63) is 93.4 Å². The Morgan fingerprint density at radius 3 is 2.54 bits per heavy atom. The summed E-state index contributed by atoms with van der Waals surface area (Å²) in [4.78, 5) is 30.9. The van der Waals surface area contributed by atoms with Crippen LogP contribution in [-0.4, -0.2) is 24.1 Å². The average Bonchev–Trinajstić information content (AvgIpc) is 3.39. The van der Waals surface area contributed by atoms with Gasteiger partial charge in [-0.05, 0) is 55.5 Å². The smallest absolute Gasteiger partial charge is 0.266 e. The number of carbonyl (C=O) groups excluding carboxylic acids is 1. The van der Waals surface area contributed by atoms with E-state index in [1.54, 1.807) is 62.6 Å². The van der Waals surface area contributed by atoms with Gasteiger partial charge in [0.2, 0.25) is 11.2 Å². The molecule has 37 heavy (non-hydrogen) atoms. The summed E-state index contributed by atoms with van der Waals surface area (Å²) in [7, 11) is 1.61. The maximum atomic E-state index is 13.4. The number of thiazole rings is 1. The van der Waals surface area contributed by atoms with E-state index in [4.69, 9.17) is 25.5 Å². The Bertz CT molecular complexity index is 1650. The lowest BCUT2D eigenvalue weighted by molar-refractivity contribution is -0.122. The van der Waals surface area contributed by atoms with Gasteiger partial charge < -0.3 is 13.9 Å². The fourth-order valence-corrected chi connectivity index (χ4v) is 4.66. The average molecular weight is 533 g/mol. The summed E-state index contributed by atoms with van der Waals surface area (Å²) in [6.07, 6.45) is -1.03. The summed E-state index contributed by atoms with van der Waals surface area (Å²) in [5.41, 5.74) is 2.08. The summed E-state index contributed by atoms with van der Waals surface area (Å²) >= 11 is 7.69. The number of benzene rings is 3. The van der Waals surface area contributed by atoms with E-state index in [-0.39, 0.29) is 11.5 Å². The fraction of sp³-hybridized carbons (Fsp3) is 0.107. The standard InChI is InChI=1S/C28H21ClN2O5S/c1-16(27(33)31-28-30-22(15-37-28)17-11-13-18(34-2)14-12-17)35-26-24(32)20-8-4-6-10-23(20)36-25(26)19-7-3-5-9-21(19)29/h3-16H,1-2H3,(H,30,31,33). The van der Waals surface area contributed by atoms with Crippen LogP contribution in [0.2, 0.25) is 5.02 Å². The molecule has 186 valence electrons. The highest BCUT2D eigenvalue weighted by atomic mass is 35.5. The number of hydrogen-bond acceptors (Lipinski definition) is 7. The number of aromatic nitrogens is 1. The number of halogens is 1. The van der Waals surface area contributed by atoms with E-state index in [0.29, 0.717) is 32.4 Å². The summed E-state index contributed by atoms with van der Waals surface area (Å²) < 4.78 is 17.2. The molecule has 1 N–H and O–H groups in total. The van der Waals surface area contributed by atoms with Gasteiger partial charge in [0.1, 0.15) is 11.3 Å². The number of amides is 1. The molecule has 2 heterocycles. The van der Waals surface area contributed by atoms with E-state index in [0.717, 1.165) is 11.3 Å². The van der Waals surface area contributed by atoms with Gasteiger partial charge in [-0.1, -0.05) is 35.9 Å². The Balaban J connectivity index is 1.41. The molecule has 1 amide bonds. The van der Waals surface area contributed by atoms with Crippen molar-refractivity contribution in [2.75, 3.05) is 12.4 Å². The quantitative estimate of drug-likeness (QED) is 0.252. The van der Waals surface area contributed by atoms with Crippen molar-refractivity contribution >= 4 is 44.9 Å². The highest BCUT2D eigenvalue weighted by Gasteiger charge is 2.24. The molecule has 5 aromatic rings. The van der Waals surface area contributed by atoms with Crippen LogP contribution < -0.4 is 20.2 Å². The van der Waals surface area contributed by atoms with Crippen molar-refractivity contribution in [2.45, 2.75) is 13.0 Å². The zero-order valence-electron chi connectivity index (χ0n) is 19.9. The number of hydrogen-bond donors (Lipinski definition) is 1. The number of anilines is 1. The molecule has 0 spiro atoms. The van der Waals surface area contributed by atoms with Crippen LogP contribution in [-0.2, 0) is 4.79 Å². The van der Waals surface area contributed by atoms with Crippen molar-refractivity contribution in [1.29, 1.82) is 0 Å². The third-order valence-corrected chi connectivity index (χ3v) is 6.75. The van der Waals surface area contributed by atoms with E-state index < -0.39 is 17.4 Å². The number of rotatable bonds is 7. The van der Waals surface area contributed by atoms with Crippen LogP contribution in [0.3, 0.4) is 0 Å². The SMILES string of the molecule is COc1ccc(-c2csc(NC(=O)C(C)Oc3c(-c4ccccc4Cl)oc4ccccc4c3=O)n2)cc1. The number of ether oxygens (including phenoxy) is 2. The summed E-state index contributed by atoms with van der Waals surface area (Å²) in [6.45, 7) is 1.55. The lowest BCUT2D eigenvalue weighted by Crippen LogP contribution is -2.31. The van der Waals surface area contributed by atoms with Crippen LogP contribution >= 0.6 is 22.9 Å². The number of nitrogens with one attached hydrogen (secondary N) is 1. The van der Waals surface area contributed by atoms with E-state index in [9.17, 15) is 9.59 Å². The Labute approximate surface area is 221 Å². The number of methoxy groups -OCH3 is 1. The lowest BCUT2D eigenvalue weighted by Gasteiger charge is -2.16. The molecule has 3 aromatic carbocycles. The highest BCUT2D eigenvalue weighted by Crippen LogP contribution is 2.35. The second-order valence-electron chi connectivity index (χ2n) is 8.08. The van der Waals surface area contributed by atoms with Crippen LogP contribution in [0.4, 0.5) is 5.13 Å². The molecule has 1 atom stereocenters. The molecule has 0 bridgehead atoms. The van der Waals surface area contributed by atoms with Crippen LogP contribution in [0.5, 0.6) is 11.5 Å². The zero-order valence-corrected chi connectivity index (χ0v) is 21.4. The molecule has 1 unspecified atom stereocenters. The maximum Gasteiger partial charge on any atom is 0.266 e. The third kappa shape index (κ3) is 5.07. The molecule has 0 fully saturated rings. The third-order valence-electron chi connectivity index (χ3n) is 5.66. The van der Waals surface area contributed by atoms with E-state index >= 15 is 0 Å². The number of fused-ring (bicyclic) bond motifs is 1. The van der Waals surface area contributed by atoms with Crippen LogP contribution in [0.15, 0.2) is 87.4 Å². The highest BCUT2D eigenvalue weighted by molar-refractivity contribution is 7.14. The summed E-state index contributed by atoms with van der Waals surface area (Å²) in [6, 6.07) is 21.3. The predicted octanol–water partition coefficient (Wildman–Crippen LogP) is 6.65. The monoisotopic (exact) mass is 532 g/mol. The normalized spacial score (nSPS) is 11.8. The van der Waals surface area contributed by atoms with E-state index in [1.807, 2.05) is 29.6 Å². The molecule has 0 aliphatic heterocycles.